The minimum Gasteiger partial charge on any atom is -0.411 e. The molecule has 0 fully saturated rings. The number of amides is 1. The number of carbonyl (C=O) groups excluding carboxylic acids is 1. The van der Waals surface area contributed by atoms with Crippen LogP contribution in [-0.4, -0.2) is 16.2 Å². The zero-order valence-electron chi connectivity index (χ0n) is 10.4. The molecule has 6 nitrogen and oxygen atoms in total. The number of nitrogens with zero attached hydrogens (tertiary/aromatic N) is 2. The van der Waals surface area contributed by atoms with Gasteiger partial charge in [0.25, 0.3) is 0 Å². The number of alkyl halides is 5. The lowest BCUT2D eigenvalue weighted by atomic mass is 10.1. The maximum absolute atomic E-state index is 14.0. The molecule has 2 N–H and O–H groups in total. The van der Waals surface area contributed by atoms with Crippen molar-refractivity contribution in [1.29, 1.82) is 0 Å². The summed E-state index contributed by atoms with van der Waals surface area (Å²) in [4.78, 5) is 13.1. The molecule has 0 unspecified atom stereocenters. The van der Waals surface area contributed by atoms with E-state index in [-0.39, 0.29) is 5.75 Å². The molecular weight excluding hydrogens is 317 g/mol. The van der Waals surface area contributed by atoms with Crippen LogP contribution in [0, 0.1) is 0 Å². The van der Waals surface area contributed by atoms with Crippen molar-refractivity contribution in [2.75, 3.05) is 0 Å². The second-order valence-corrected chi connectivity index (χ2v) is 3.94. The number of hydrogen-bond donors (Lipinski definition) is 1. The molecule has 118 valence electrons. The molecule has 1 amide bonds. The molecule has 0 aliphatic rings. The van der Waals surface area contributed by atoms with Gasteiger partial charge in [0.15, 0.2) is 0 Å². The lowest BCUT2D eigenvalue weighted by molar-refractivity contribution is -0.159. The van der Waals surface area contributed by atoms with Gasteiger partial charge in [0.05, 0.1) is 0 Å². The van der Waals surface area contributed by atoms with Crippen LogP contribution in [0.2, 0.25) is 0 Å². The molecule has 11 heteroatoms. The van der Waals surface area contributed by atoms with Crippen molar-refractivity contribution in [2.45, 2.75) is 12.1 Å². The molecule has 0 bridgehead atoms. The normalized spacial score (nSPS) is 12.2. The number of halogens is 5. The van der Waals surface area contributed by atoms with Crippen LogP contribution in [0.5, 0.6) is 5.75 Å². The quantitative estimate of drug-likeness (QED) is 0.877. The van der Waals surface area contributed by atoms with Crippen molar-refractivity contribution in [3.8, 4) is 5.75 Å². The van der Waals surface area contributed by atoms with Crippen LogP contribution < -0.4 is 10.5 Å². The highest BCUT2D eigenvalue weighted by Crippen LogP contribution is 2.36. The van der Waals surface area contributed by atoms with E-state index in [1.54, 1.807) is 0 Å². The van der Waals surface area contributed by atoms with Crippen molar-refractivity contribution in [2.24, 2.45) is 5.73 Å². The van der Waals surface area contributed by atoms with Crippen LogP contribution >= 0.6 is 0 Å². The summed E-state index contributed by atoms with van der Waals surface area (Å²) in [6.45, 7) is 0. The molecule has 0 aliphatic carbocycles. The molecule has 0 saturated heterocycles. The molecule has 2 aromatic rings. The summed E-state index contributed by atoms with van der Waals surface area (Å²) in [5.41, 5.74) is 4.01. The van der Waals surface area contributed by atoms with Crippen molar-refractivity contribution in [1.82, 2.24) is 10.1 Å². The van der Waals surface area contributed by atoms with Crippen LogP contribution in [0.4, 0.5) is 26.7 Å². The Morgan fingerprint density at radius 1 is 1.14 bits per heavy atom. The van der Waals surface area contributed by atoms with Gasteiger partial charge in [-0.3, -0.25) is 0 Å². The van der Waals surface area contributed by atoms with Crippen LogP contribution in [0.1, 0.15) is 17.3 Å². The van der Waals surface area contributed by atoms with Crippen LogP contribution in [0.3, 0.4) is 0 Å². The van der Waals surface area contributed by atoms with Gasteiger partial charge in [-0.1, -0.05) is 5.16 Å². The molecule has 0 saturated carbocycles. The van der Waals surface area contributed by atoms with Crippen molar-refractivity contribution >= 4 is 6.09 Å². The lowest BCUT2D eigenvalue weighted by Crippen LogP contribution is -2.19. The van der Waals surface area contributed by atoms with E-state index in [0.717, 1.165) is 24.3 Å². The first-order valence-corrected chi connectivity index (χ1v) is 5.47. The summed E-state index contributed by atoms with van der Waals surface area (Å²) in [5.74, 6) is -7.37. The maximum Gasteiger partial charge on any atom is 0.471 e. The van der Waals surface area contributed by atoms with Gasteiger partial charge in [0, 0.05) is 5.56 Å². The second-order valence-electron chi connectivity index (χ2n) is 3.94. The molecule has 1 aromatic heterocycles. The van der Waals surface area contributed by atoms with Gasteiger partial charge in [-0.2, -0.15) is 26.9 Å². The SMILES string of the molecule is NC(=O)Oc1ccc(C(F)(F)c2noc(C(F)(F)F)n2)cc1. The van der Waals surface area contributed by atoms with E-state index in [9.17, 15) is 26.7 Å². The lowest BCUT2D eigenvalue weighted by Gasteiger charge is -2.12. The number of benzene rings is 1. The van der Waals surface area contributed by atoms with E-state index >= 15 is 0 Å². The van der Waals surface area contributed by atoms with Gasteiger partial charge in [-0.05, 0) is 24.3 Å². The van der Waals surface area contributed by atoms with Gasteiger partial charge >= 0.3 is 24.1 Å². The van der Waals surface area contributed by atoms with Gasteiger partial charge in [-0.15, -0.1) is 0 Å². The average molecular weight is 323 g/mol. The zero-order chi connectivity index (χ0) is 16.5. The van der Waals surface area contributed by atoms with E-state index < -0.39 is 35.5 Å². The predicted molar refractivity (Wildman–Crippen MR) is 58.9 cm³/mol. The topological polar surface area (TPSA) is 91.2 Å². The Labute approximate surface area is 118 Å². The van der Waals surface area contributed by atoms with E-state index in [1.807, 2.05) is 0 Å². The largest absolute Gasteiger partial charge is 0.471 e. The van der Waals surface area contributed by atoms with E-state index in [4.69, 9.17) is 5.73 Å². The van der Waals surface area contributed by atoms with Crippen LogP contribution in [-0.2, 0) is 12.1 Å². The Kier molecular flexibility index (Phi) is 3.73. The third-order valence-corrected chi connectivity index (χ3v) is 2.38. The zero-order valence-corrected chi connectivity index (χ0v) is 10.4. The Morgan fingerprint density at radius 2 is 1.73 bits per heavy atom. The van der Waals surface area contributed by atoms with Crippen LogP contribution in [0.15, 0.2) is 28.8 Å². The molecule has 0 radical (unpaired) electrons. The summed E-state index contributed by atoms with van der Waals surface area (Å²) in [5, 5.41) is 2.64. The summed E-state index contributed by atoms with van der Waals surface area (Å²) < 4.78 is 73.0. The fraction of sp³-hybridized carbons (Fsp3) is 0.182. The number of hydrogen-bond acceptors (Lipinski definition) is 5. The highest BCUT2D eigenvalue weighted by molar-refractivity contribution is 5.68. The number of aromatic nitrogens is 2. The monoisotopic (exact) mass is 323 g/mol. The van der Waals surface area contributed by atoms with E-state index in [2.05, 4.69) is 19.4 Å². The Bertz CT molecular complexity index is 681. The minimum atomic E-state index is -5.03. The first-order chi connectivity index (χ1) is 10.1. The first kappa shape index (κ1) is 15.7. The third-order valence-electron chi connectivity index (χ3n) is 2.38. The molecule has 0 spiro atoms. The standard InChI is InChI=1S/C11H6F5N3O3/c12-10(13,7-18-8(22-19-7)11(14,15)16)5-1-3-6(4-2-5)21-9(17)20/h1-4H,(H2,17,20). The molecule has 0 atom stereocenters. The van der Waals surface area contributed by atoms with Gasteiger partial charge < -0.3 is 15.0 Å². The summed E-state index contributed by atoms with van der Waals surface area (Å²) in [6, 6.07) is 3.61. The Hall–Kier alpha value is -2.72. The summed E-state index contributed by atoms with van der Waals surface area (Å²) >= 11 is 0. The van der Waals surface area contributed by atoms with E-state index in [1.165, 1.54) is 0 Å². The van der Waals surface area contributed by atoms with Gasteiger partial charge in [0.2, 0.25) is 5.82 Å². The smallest absolute Gasteiger partial charge is 0.411 e. The van der Waals surface area contributed by atoms with Gasteiger partial charge in [-0.25, -0.2) is 4.79 Å². The minimum absolute atomic E-state index is 0.115. The number of ether oxygens (including phenoxy) is 1. The van der Waals surface area contributed by atoms with Crippen molar-refractivity contribution in [3.05, 3.63) is 41.5 Å². The van der Waals surface area contributed by atoms with Crippen LogP contribution in [0.25, 0.3) is 0 Å². The molecule has 1 aromatic carbocycles. The fourth-order valence-electron chi connectivity index (χ4n) is 1.44. The van der Waals surface area contributed by atoms with Crippen molar-refractivity contribution < 1.29 is 36.0 Å². The van der Waals surface area contributed by atoms with Gasteiger partial charge in [0.1, 0.15) is 5.75 Å². The fourth-order valence-corrected chi connectivity index (χ4v) is 1.44. The maximum atomic E-state index is 14.0. The first-order valence-electron chi connectivity index (χ1n) is 5.47. The molecule has 2 rings (SSSR count). The Balaban J connectivity index is 2.29. The van der Waals surface area contributed by atoms with E-state index in [0.29, 0.717) is 0 Å². The third kappa shape index (κ3) is 3.13. The molecule has 1 heterocycles. The Morgan fingerprint density at radius 3 is 2.18 bits per heavy atom. The summed E-state index contributed by atoms with van der Waals surface area (Å²) in [7, 11) is 0. The summed E-state index contributed by atoms with van der Waals surface area (Å²) in [6.07, 6.45) is -6.17. The number of nitrogens with two attached hydrogens (primary N) is 1. The number of primary amides is 1. The second kappa shape index (κ2) is 5.24. The number of rotatable bonds is 3. The highest BCUT2D eigenvalue weighted by atomic mass is 19.4. The average Bonchev–Trinajstić information content (AvgIpc) is 2.88. The predicted octanol–water partition coefficient (Wildman–Crippen LogP) is 2.69. The molecule has 22 heavy (non-hydrogen) atoms. The highest BCUT2D eigenvalue weighted by Gasteiger charge is 2.44. The molecular formula is C11H6F5N3O3. The van der Waals surface area contributed by atoms with Crippen molar-refractivity contribution in [3.63, 3.8) is 0 Å². The molecule has 0 aliphatic heterocycles. The number of carbonyl (C=O) groups is 1.